The third-order valence-corrected chi connectivity index (χ3v) is 5.46. The number of thiophene rings is 1. The predicted octanol–water partition coefficient (Wildman–Crippen LogP) is 3.76. The van der Waals surface area contributed by atoms with Gasteiger partial charge in [0.2, 0.25) is 5.91 Å². The van der Waals surface area contributed by atoms with Gasteiger partial charge in [-0.2, -0.15) is 0 Å². The maximum Gasteiger partial charge on any atom is 0.264 e. The molecule has 1 unspecified atom stereocenters. The molecule has 2 aromatic heterocycles. The van der Waals surface area contributed by atoms with Crippen LogP contribution < -0.4 is 0 Å². The van der Waals surface area contributed by atoms with Crippen molar-refractivity contribution in [2.24, 2.45) is 0 Å². The molecule has 24 heavy (non-hydrogen) atoms. The van der Waals surface area contributed by atoms with Gasteiger partial charge in [0.05, 0.1) is 11.4 Å². The lowest BCUT2D eigenvalue weighted by Gasteiger charge is -2.36. The maximum atomic E-state index is 12.9. The Morgan fingerprint density at radius 2 is 2.21 bits per heavy atom. The summed E-state index contributed by atoms with van der Waals surface area (Å²) < 4.78 is 6.11. The van der Waals surface area contributed by atoms with Crippen LogP contribution in [-0.2, 0) is 11.3 Å². The summed E-state index contributed by atoms with van der Waals surface area (Å²) in [6.45, 7) is 1.02. The molecule has 0 saturated carbocycles. The lowest BCUT2D eigenvalue weighted by atomic mass is 10.0. The number of amides is 2. The summed E-state index contributed by atoms with van der Waals surface area (Å²) in [4.78, 5) is 29.6. The van der Waals surface area contributed by atoms with Crippen molar-refractivity contribution in [3.05, 3.63) is 45.0 Å². The van der Waals surface area contributed by atoms with E-state index in [4.69, 9.17) is 4.42 Å². The van der Waals surface area contributed by atoms with Crippen LogP contribution in [0.15, 0.2) is 38.7 Å². The molecule has 0 aliphatic carbocycles. The Hall–Kier alpha value is -1.60. The van der Waals surface area contributed by atoms with Crippen molar-refractivity contribution in [2.75, 3.05) is 13.6 Å². The van der Waals surface area contributed by atoms with Gasteiger partial charge in [-0.05, 0) is 58.8 Å². The normalized spacial score (nSPS) is 17.8. The van der Waals surface area contributed by atoms with Crippen LogP contribution in [0.1, 0.15) is 34.7 Å². The highest BCUT2D eigenvalue weighted by Crippen LogP contribution is 2.24. The van der Waals surface area contributed by atoms with E-state index in [0.717, 1.165) is 12.8 Å². The molecule has 0 N–H and O–H groups in total. The first kappa shape index (κ1) is 17.2. The fourth-order valence-electron chi connectivity index (χ4n) is 2.98. The van der Waals surface area contributed by atoms with Gasteiger partial charge < -0.3 is 14.2 Å². The SMILES string of the molecule is CN(Cc1ccc(Br)o1)C(=O)C1CCCCN1C(=O)c1cccs1. The minimum absolute atomic E-state index is 0.0351. The van der Waals surface area contributed by atoms with Crippen LogP contribution in [0, 0.1) is 0 Å². The second-order valence-electron chi connectivity index (χ2n) is 5.89. The molecule has 0 bridgehead atoms. The fourth-order valence-corrected chi connectivity index (χ4v) is 3.99. The van der Waals surface area contributed by atoms with E-state index in [0.29, 0.717) is 34.8 Å². The number of piperidine rings is 1. The third-order valence-electron chi connectivity index (χ3n) is 4.18. The predicted molar refractivity (Wildman–Crippen MR) is 95.9 cm³/mol. The quantitative estimate of drug-likeness (QED) is 0.770. The number of carbonyl (C=O) groups excluding carboxylic acids is 2. The summed E-state index contributed by atoms with van der Waals surface area (Å²) in [7, 11) is 1.75. The molecule has 1 atom stereocenters. The Kier molecular flexibility index (Phi) is 5.40. The first-order valence-electron chi connectivity index (χ1n) is 7.90. The van der Waals surface area contributed by atoms with Crippen molar-refractivity contribution in [1.82, 2.24) is 9.80 Å². The number of furan rings is 1. The molecule has 3 rings (SSSR count). The molecule has 1 aliphatic heterocycles. The van der Waals surface area contributed by atoms with Gasteiger partial charge in [-0.25, -0.2) is 0 Å². The first-order valence-corrected chi connectivity index (χ1v) is 9.57. The monoisotopic (exact) mass is 410 g/mol. The third kappa shape index (κ3) is 3.72. The van der Waals surface area contributed by atoms with Crippen molar-refractivity contribution in [1.29, 1.82) is 0 Å². The summed E-state index contributed by atoms with van der Waals surface area (Å²) in [6.07, 6.45) is 2.61. The topological polar surface area (TPSA) is 53.8 Å². The van der Waals surface area contributed by atoms with E-state index >= 15 is 0 Å². The number of nitrogens with zero attached hydrogens (tertiary/aromatic N) is 2. The fraction of sp³-hybridized carbons (Fsp3) is 0.412. The summed E-state index contributed by atoms with van der Waals surface area (Å²) in [5, 5.41) is 1.88. The molecule has 0 aromatic carbocycles. The number of likely N-dealkylation sites (N-methyl/N-ethyl adjacent to an activating group) is 1. The zero-order valence-electron chi connectivity index (χ0n) is 13.4. The molecule has 5 nitrogen and oxygen atoms in total. The molecule has 0 radical (unpaired) electrons. The maximum absolute atomic E-state index is 12.9. The van der Waals surface area contributed by atoms with Crippen molar-refractivity contribution >= 4 is 39.1 Å². The molecule has 7 heteroatoms. The van der Waals surface area contributed by atoms with Crippen LogP contribution in [-0.4, -0.2) is 41.2 Å². The molecule has 2 aromatic rings. The smallest absolute Gasteiger partial charge is 0.264 e. The largest absolute Gasteiger partial charge is 0.452 e. The van der Waals surface area contributed by atoms with Crippen LogP contribution in [0.3, 0.4) is 0 Å². The standard InChI is InChI=1S/C17H19BrN2O3S/c1-19(11-12-7-8-15(18)23-12)16(21)13-5-2-3-9-20(13)17(22)14-6-4-10-24-14/h4,6-8,10,13H,2-3,5,9,11H2,1H3. The molecular weight excluding hydrogens is 392 g/mol. The second kappa shape index (κ2) is 7.53. The zero-order chi connectivity index (χ0) is 17.1. The zero-order valence-corrected chi connectivity index (χ0v) is 15.8. The Morgan fingerprint density at radius 3 is 2.88 bits per heavy atom. The molecule has 0 spiro atoms. The van der Waals surface area contributed by atoms with E-state index in [-0.39, 0.29) is 11.8 Å². The summed E-state index contributed by atoms with van der Waals surface area (Å²) in [5.74, 6) is 0.633. The molecule has 1 fully saturated rings. The Bertz CT molecular complexity index is 713. The first-order chi connectivity index (χ1) is 11.6. The van der Waals surface area contributed by atoms with Crippen molar-refractivity contribution in [3.8, 4) is 0 Å². The highest BCUT2D eigenvalue weighted by atomic mass is 79.9. The average molecular weight is 411 g/mol. The minimum atomic E-state index is -0.392. The van der Waals surface area contributed by atoms with Crippen molar-refractivity contribution in [2.45, 2.75) is 31.8 Å². The van der Waals surface area contributed by atoms with Gasteiger partial charge in [0.25, 0.3) is 5.91 Å². The summed E-state index contributed by atoms with van der Waals surface area (Å²) in [5.41, 5.74) is 0. The number of halogens is 1. The molecule has 128 valence electrons. The van der Waals surface area contributed by atoms with E-state index < -0.39 is 6.04 Å². The highest BCUT2D eigenvalue weighted by Gasteiger charge is 2.34. The number of likely N-dealkylation sites (tertiary alicyclic amines) is 1. The molecular formula is C17H19BrN2O3S. The number of rotatable bonds is 4. The van der Waals surface area contributed by atoms with E-state index in [1.807, 2.05) is 23.6 Å². The van der Waals surface area contributed by atoms with Gasteiger partial charge in [0, 0.05) is 13.6 Å². The van der Waals surface area contributed by atoms with Crippen LogP contribution >= 0.6 is 27.3 Å². The summed E-state index contributed by atoms with van der Waals surface area (Å²) >= 11 is 4.68. The van der Waals surface area contributed by atoms with Gasteiger partial charge in [0.15, 0.2) is 4.67 Å². The number of hydrogen-bond donors (Lipinski definition) is 0. The van der Waals surface area contributed by atoms with Crippen molar-refractivity contribution < 1.29 is 14.0 Å². The van der Waals surface area contributed by atoms with Gasteiger partial charge >= 0.3 is 0 Å². The number of carbonyl (C=O) groups is 2. The van der Waals surface area contributed by atoms with E-state index in [1.165, 1.54) is 11.3 Å². The van der Waals surface area contributed by atoms with Gasteiger partial charge in [-0.3, -0.25) is 9.59 Å². The van der Waals surface area contributed by atoms with Gasteiger partial charge in [-0.1, -0.05) is 6.07 Å². The minimum Gasteiger partial charge on any atom is -0.452 e. The van der Waals surface area contributed by atoms with E-state index in [9.17, 15) is 9.59 Å². The van der Waals surface area contributed by atoms with Crippen LogP contribution in [0.5, 0.6) is 0 Å². The summed E-state index contributed by atoms with van der Waals surface area (Å²) in [6, 6.07) is 6.92. The number of hydrogen-bond acceptors (Lipinski definition) is 4. The second-order valence-corrected chi connectivity index (χ2v) is 7.62. The molecule has 3 heterocycles. The highest BCUT2D eigenvalue weighted by molar-refractivity contribution is 9.10. The van der Waals surface area contributed by atoms with Crippen LogP contribution in [0.2, 0.25) is 0 Å². The Morgan fingerprint density at radius 1 is 1.38 bits per heavy atom. The lowest BCUT2D eigenvalue weighted by molar-refractivity contribution is -0.136. The average Bonchev–Trinajstić information content (AvgIpc) is 3.25. The van der Waals surface area contributed by atoms with Crippen LogP contribution in [0.25, 0.3) is 0 Å². The Balaban J connectivity index is 1.72. The van der Waals surface area contributed by atoms with Gasteiger partial charge in [0.1, 0.15) is 11.8 Å². The molecule has 1 saturated heterocycles. The van der Waals surface area contributed by atoms with E-state index in [2.05, 4.69) is 15.9 Å². The lowest BCUT2D eigenvalue weighted by Crippen LogP contribution is -2.52. The molecule has 1 aliphatic rings. The van der Waals surface area contributed by atoms with Gasteiger partial charge in [-0.15, -0.1) is 11.3 Å². The molecule has 2 amide bonds. The Labute approximate surface area is 153 Å². The van der Waals surface area contributed by atoms with Crippen LogP contribution in [0.4, 0.5) is 0 Å². The van der Waals surface area contributed by atoms with Crippen molar-refractivity contribution in [3.63, 3.8) is 0 Å². The van der Waals surface area contributed by atoms with E-state index in [1.54, 1.807) is 22.9 Å².